The van der Waals surface area contributed by atoms with Gasteiger partial charge in [-0.15, -0.1) is 0 Å². The molecule has 2 aliphatic heterocycles. The van der Waals surface area contributed by atoms with Gasteiger partial charge in [-0.05, 0) is 19.8 Å². The number of aromatic amines is 1. The Bertz CT molecular complexity index is 1180. The molecule has 16 heteroatoms. The molecular formula is C22H24F6N6O4. The van der Waals surface area contributed by atoms with E-state index >= 15 is 0 Å². The molecule has 0 spiro atoms. The van der Waals surface area contributed by atoms with Crippen LogP contribution in [-0.4, -0.2) is 75.5 Å². The van der Waals surface area contributed by atoms with Gasteiger partial charge in [-0.25, -0.2) is 15.1 Å². The average Bonchev–Trinajstić information content (AvgIpc) is 3.21. The van der Waals surface area contributed by atoms with Gasteiger partial charge in [0.2, 0.25) is 0 Å². The quantitative estimate of drug-likeness (QED) is 0.524. The summed E-state index contributed by atoms with van der Waals surface area (Å²) >= 11 is 0. The number of hydrogen-bond donors (Lipinski definition) is 1. The van der Waals surface area contributed by atoms with Crippen molar-refractivity contribution >= 4 is 11.7 Å². The molecule has 10 nitrogen and oxygen atoms in total. The van der Waals surface area contributed by atoms with E-state index in [1.165, 1.54) is 6.92 Å². The fourth-order valence-corrected chi connectivity index (χ4v) is 4.47. The largest absolute Gasteiger partial charge is 0.486 e. The van der Waals surface area contributed by atoms with E-state index in [1.807, 2.05) is 0 Å². The summed E-state index contributed by atoms with van der Waals surface area (Å²) in [5.74, 6) is -0.663. The molecule has 2 atom stereocenters. The van der Waals surface area contributed by atoms with Crippen LogP contribution in [0.5, 0.6) is 5.75 Å². The predicted molar refractivity (Wildman–Crippen MR) is 118 cm³/mol. The third-order valence-corrected chi connectivity index (χ3v) is 6.31. The lowest BCUT2D eigenvalue weighted by Crippen LogP contribution is -2.47. The van der Waals surface area contributed by atoms with Crippen LogP contribution < -0.4 is 15.2 Å². The number of aromatic nitrogens is 4. The number of H-pyrrole nitrogens is 1. The highest BCUT2D eigenvalue weighted by atomic mass is 19.4. The van der Waals surface area contributed by atoms with Crippen molar-refractivity contribution in [2.45, 2.75) is 56.8 Å². The number of hydrogen-bond acceptors (Lipinski definition) is 8. The molecule has 38 heavy (non-hydrogen) atoms. The van der Waals surface area contributed by atoms with E-state index in [4.69, 9.17) is 9.47 Å². The highest BCUT2D eigenvalue weighted by Crippen LogP contribution is 2.33. The summed E-state index contributed by atoms with van der Waals surface area (Å²) in [5, 5.41) is 5.06. The van der Waals surface area contributed by atoms with Crippen LogP contribution in [0.2, 0.25) is 0 Å². The maximum atomic E-state index is 13.2. The molecule has 0 bridgehead atoms. The van der Waals surface area contributed by atoms with Gasteiger partial charge in [-0.1, -0.05) is 0 Å². The molecule has 2 aromatic rings. The zero-order chi connectivity index (χ0) is 27.7. The predicted octanol–water partition coefficient (Wildman–Crippen LogP) is 2.65. The van der Waals surface area contributed by atoms with Crippen molar-refractivity contribution in [1.29, 1.82) is 0 Å². The first-order chi connectivity index (χ1) is 17.8. The van der Waals surface area contributed by atoms with E-state index < -0.39 is 47.1 Å². The number of carbonyl (C=O) groups excluding carboxylic acids is 1. The summed E-state index contributed by atoms with van der Waals surface area (Å²) < 4.78 is 88.5. The number of nitrogens with zero attached hydrogens (tertiary/aromatic N) is 5. The van der Waals surface area contributed by atoms with E-state index in [0.717, 1.165) is 12.4 Å². The van der Waals surface area contributed by atoms with Crippen LogP contribution in [0.3, 0.4) is 0 Å². The molecule has 2 saturated heterocycles. The minimum atomic E-state index is -4.94. The van der Waals surface area contributed by atoms with Crippen LogP contribution in [0, 0.1) is 0 Å². The van der Waals surface area contributed by atoms with Crippen LogP contribution in [0.25, 0.3) is 0 Å². The van der Waals surface area contributed by atoms with Crippen molar-refractivity contribution in [2.75, 3.05) is 31.1 Å². The van der Waals surface area contributed by atoms with Crippen LogP contribution in [-0.2, 0) is 21.9 Å². The zero-order valence-electron chi connectivity index (χ0n) is 20.1. The fraction of sp³-hybridized carbons (Fsp3) is 0.591. The van der Waals surface area contributed by atoms with E-state index in [0.29, 0.717) is 50.9 Å². The van der Waals surface area contributed by atoms with Crippen molar-refractivity contribution in [1.82, 2.24) is 25.1 Å². The lowest BCUT2D eigenvalue weighted by atomic mass is 10.0. The number of nitrogens with one attached hydrogen (secondary N) is 1. The summed E-state index contributed by atoms with van der Waals surface area (Å²) in [7, 11) is 0. The number of amides is 1. The SMILES string of the molecule is CC(CO[C@H]1CCN(C2CCN(c3cnc(C(F)(F)F)cn3)CC2)C1=O)Oc1cn[nH]c(=O)c1C(F)(F)F. The first-order valence-electron chi connectivity index (χ1n) is 11.7. The van der Waals surface area contributed by atoms with Gasteiger partial charge in [-0.3, -0.25) is 9.59 Å². The van der Waals surface area contributed by atoms with Crippen LogP contribution >= 0.6 is 0 Å². The second-order valence-corrected chi connectivity index (χ2v) is 8.98. The molecule has 2 aromatic heterocycles. The topological polar surface area (TPSA) is 114 Å². The molecule has 0 radical (unpaired) electrons. The molecule has 1 N–H and O–H groups in total. The van der Waals surface area contributed by atoms with Crippen LogP contribution in [0.15, 0.2) is 23.4 Å². The van der Waals surface area contributed by atoms with Gasteiger partial charge in [0.05, 0.1) is 25.2 Å². The second-order valence-electron chi connectivity index (χ2n) is 8.98. The lowest BCUT2D eigenvalue weighted by molar-refractivity contribution is -0.142. The standard InChI is InChI=1S/C22H24F6N6O4/c1-12(38-15-8-31-32-19(35)18(15)22(26,27)28)11-37-14-4-7-34(20(14)36)13-2-5-33(6-3-13)17-10-29-16(9-30-17)21(23,24)25/h8-10,12-14H,2-7,11H2,1H3,(H,32,35)/t12?,14-/m0/s1. The van der Waals surface area contributed by atoms with E-state index in [9.17, 15) is 35.9 Å². The number of piperidine rings is 1. The van der Waals surface area contributed by atoms with Gasteiger partial charge in [0.25, 0.3) is 11.5 Å². The Labute approximate surface area is 211 Å². The molecule has 2 aliphatic rings. The number of anilines is 1. The minimum absolute atomic E-state index is 0.0973. The Kier molecular flexibility index (Phi) is 7.80. The summed E-state index contributed by atoms with van der Waals surface area (Å²) in [6, 6.07) is -0.0973. The molecule has 0 aromatic carbocycles. The van der Waals surface area contributed by atoms with Gasteiger partial charge in [0, 0.05) is 32.1 Å². The van der Waals surface area contributed by atoms with Crippen molar-refractivity contribution in [2.24, 2.45) is 0 Å². The average molecular weight is 550 g/mol. The maximum absolute atomic E-state index is 13.2. The molecule has 0 saturated carbocycles. The lowest BCUT2D eigenvalue weighted by Gasteiger charge is -2.37. The minimum Gasteiger partial charge on any atom is -0.486 e. The number of halogens is 6. The Morgan fingerprint density at radius 3 is 2.32 bits per heavy atom. The molecule has 1 unspecified atom stereocenters. The van der Waals surface area contributed by atoms with E-state index in [2.05, 4.69) is 15.1 Å². The maximum Gasteiger partial charge on any atom is 0.434 e. The van der Waals surface area contributed by atoms with Gasteiger partial charge in [0.15, 0.2) is 17.0 Å². The van der Waals surface area contributed by atoms with Crippen molar-refractivity contribution in [3.8, 4) is 5.75 Å². The number of likely N-dealkylation sites (tertiary alicyclic amines) is 1. The number of carbonyl (C=O) groups is 1. The summed E-state index contributed by atoms with van der Waals surface area (Å²) in [6.45, 7) is 2.62. The van der Waals surface area contributed by atoms with Gasteiger partial charge < -0.3 is 19.3 Å². The summed E-state index contributed by atoms with van der Waals surface area (Å²) in [5.41, 5.74) is -4.00. The van der Waals surface area contributed by atoms with Crippen molar-refractivity contribution in [3.05, 3.63) is 40.2 Å². The Morgan fingerprint density at radius 1 is 1.00 bits per heavy atom. The van der Waals surface area contributed by atoms with E-state index in [1.54, 1.807) is 14.9 Å². The summed E-state index contributed by atoms with van der Waals surface area (Å²) in [6.07, 6.45) is -7.17. The van der Waals surface area contributed by atoms with Crippen molar-refractivity contribution < 1.29 is 40.6 Å². The number of rotatable bonds is 7. The van der Waals surface area contributed by atoms with Gasteiger partial charge >= 0.3 is 12.4 Å². The Balaban J connectivity index is 1.27. The first kappa shape index (κ1) is 27.6. The van der Waals surface area contributed by atoms with Gasteiger partial charge in [-0.2, -0.15) is 31.4 Å². The third kappa shape index (κ3) is 6.16. The molecule has 0 aliphatic carbocycles. The highest BCUT2D eigenvalue weighted by molar-refractivity contribution is 5.83. The van der Waals surface area contributed by atoms with Gasteiger partial charge in [0.1, 0.15) is 18.0 Å². The monoisotopic (exact) mass is 550 g/mol. The normalized spacial score (nSPS) is 20.2. The molecule has 2 fully saturated rings. The summed E-state index contributed by atoms with van der Waals surface area (Å²) in [4.78, 5) is 35.2. The molecule has 4 heterocycles. The smallest absolute Gasteiger partial charge is 0.434 e. The molecule has 208 valence electrons. The fourth-order valence-electron chi connectivity index (χ4n) is 4.47. The first-order valence-corrected chi connectivity index (χ1v) is 11.7. The molecule has 4 rings (SSSR count). The van der Waals surface area contributed by atoms with Crippen LogP contribution in [0.1, 0.15) is 37.4 Å². The molecular weight excluding hydrogens is 526 g/mol. The van der Waals surface area contributed by atoms with Crippen molar-refractivity contribution in [3.63, 3.8) is 0 Å². The second kappa shape index (κ2) is 10.7. The number of ether oxygens (including phenoxy) is 2. The number of alkyl halides is 6. The van der Waals surface area contributed by atoms with E-state index in [-0.39, 0.29) is 18.6 Å². The van der Waals surface area contributed by atoms with Crippen LogP contribution in [0.4, 0.5) is 32.2 Å². The highest BCUT2D eigenvalue weighted by Gasteiger charge is 2.40. The third-order valence-electron chi connectivity index (χ3n) is 6.31. The Hall–Kier alpha value is -3.43. The zero-order valence-corrected chi connectivity index (χ0v) is 20.1. The Morgan fingerprint density at radius 2 is 1.71 bits per heavy atom. The molecule has 1 amide bonds.